The first-order valence-electron chi connectivity index (χ1n) is 7.14. The van der Waals surface area contributed by atoms with Crippen LogP contribution in [-0.2, 0) is 10.2 Å². The largest absolute Gasteiger partial charge is 0.318 e. The van der Waals surface area contributed by atoms with Crippen LogP contribution >= 0.6 is 15.9 Å². The van der Waals surface area contributed by atoms with Gasteiger partial charge in [0, 0.05) is 23.6 Å². The Bertz CT molecular complexity index is 570. The van der Waals surface area contributed by atoms with E-state index >= 15 is 0 Å². The van der Waals surface area contributed by atoms with E-state index in [1.165, 1.54) is 0 Å². The average molecular weight is 376 g/mol. The van der Waals surface area contributed by atoms with Gasteiger partial charge < -0.3 is 5.32 Å². The van der Waals surface area contributed by atoms with Crippen LogP contribution < -0.4 is 10.0 Å². The fraction of sp³-hybridized carbons (Fsp3) is 0.571. The summed E-state index contributed by atoms with van der Waals surface area (Å²) in [7, 11) is -1.67. The monoisotopic (exact) mass is 375 g/mol. The van der Waals surface area contributed by atoms with Crippen LogP contribution in [0, 0.1) is 6.92 Å². The number of likely N-dealkylation sites (N-methyl/N-ethyl adjacent to an activating group) is 1. The number of anilines is 1. The predicted octanol–water partition coefficient (Wildman–Crippen LogP) is 2.49. The van der Waals surface area contributed by atoms with Gasteiger partial charge in [-0.3, -0.25) is 4.72 Å². The molecule has 118 valence electrons. The van der Waals surface area contributed by atoms with E-state index < -0.39 is 10.2 Å². The summed E-state index contributed by atoms with van der Waals surface area (Å²) in [4.78, 5) is 0. The summed E-state index contributed by atoms with van der Waals surface area (Å²) >= 11 is 3.39. The van der Waals surface area contributed by atoms with Crippen molar-refractivity contribution in [3.8, 4) is 0 Å². The van der Waals surface area contributed by atoms with Crippen LogP contribution in [0.25, 0.3) is 0 Å². The minimum absolute atomic E-state index is 0.0227. The predicted molar refractivity (Wildman–Crippen MR) is 89.7 cm³/mol. The molecule has 1 aromatic carbocycles. The minimum Gasteiger partial charge on any atom is -0.318 e. The van der Waals surface area contributed by atoms with Crippen LogP contribution in [0.2, 0.25) is 0 Å². The topological polar surface area (TPSA) is 61.4 Å². The molecule has 7 heteroatoms. The number of piperidine rings is 1. The molecule has 1 unspecified atom stereocenters. The number of rotatable bonds is 5. The zero-order valence-electron chi connectivity index (χ0n) is 12.4. The Labute approximate surface area is 135 Å². The van der Waals surface area contributed by atoms with Crippen LogP contribution in [0.1, 0.15) is 24.8 Å². The van der Waals surface area contributed by atoms with Gasteiger partial charge in [0.05, 0.1) is 5.69 Å². The molecule has 2 N–H and O–H groups in total. The molecule has 1 aliphatic heterocycles. The molecule has 0 saturated carbocycles. The maximum Gasteiger partial charge on any atom is 0.301 e. The van der Waals surface area contributed by atoms with Gasteiger partial charge in [0.1, 0.15) is 0 Å². The molecule has 21 heavy (non-hydrogen) atoms. The number of nitrogens with zero attached hydrogens (tertiary/aromatic N) is 1. The van der Waals surface area contributed by atoms with Gasteiger partial charge in [0.15, 0.2) is 0 Å². The van der Waals surface area contributed by atoms with Crippen LogP contribution in [0.3, 0.4) is 0 Å². The highest BCUT2D eigenvalue weighted by atomic mass is 79.9. The molecular weight excluding hydrogens is 354 g/mol. The normalized spacial score (nSPS) is 20.4. The third-order valence-electron chi connectivity index (χ3n) is 3.61. The molecule has 1 fully saturated rings. The molecule has 1 saturated heterocycles. The fourth-order valence-electron chi connectivity index (χ4n) is 2.73. The molecule has 1 heterocycles. The highest BCUT2D eigenvalue weighted by molar-refractivity contribution is 9.10. The summed E-state index contributed by atoms with van der Waals surface area (Å²) in [5, 5.41) is 3.08. The van der Waals surface area contributed by atoms with Crippen LogP contribution in [0.4, 0.5) is 5.69 Å². The summed E-state index contributed by atoms with van der Waals surface area (Å²) in [6.45, 7) is 3.19. The molecule has 0 radical (unpaired) electrons. The van der Waals surface area contributed by atoms with Gasteiger partial charge in [0.2, 0.25) is 0 Å². The van der Waals surface area contributed by atoms with E-state index in [2.05, 4.69) is 26.0 Å². The Morgan fingerprint density at radius 1 is 1.33 bits per heavy atom. The summed E-state index contributed by atoms with van der Waals surface area (Å²) in [5.74, 6) is 0. The lowest BCUT2D eigenvalue weighted by Crippen LogP contribution is -2.49. The number of aryl methyl sites for hydroxylation is 1. The Morgan fingerprint density at radius 3 is 2.76 bits per heavy atom. The van der Waals surface area contributed by atoms with E-state index in [0.717, 1.165) is 29.3 Å². The molecule has 0 aliphatic carbocycles. The number of nitrogens with one attached hydrogen (secondary N) is 2. The van der Waals surface area contributed by atoms with Crippen LogP contribution in [0.15, 0.2) is 22.7 Å². The average Bonchev–Trinajstić information content (AvgIpc) is 2.37. The zero-order chi connectivity index (χ0) is 15.5. The Hall–Kier alpha value is -0.630. The molecule has 2 rings (SSSR count). The molecule has 0 bridgehead atoms. The third kappa shape index (κ3) is 4.42. The smallest absolute Gasteiger partial charge is 0.301 e. The summed E-state index contributed by atoms with van der Waals surface area (Å²) in [6, 6.07) is 5.58. The highest BCUT2D eigenvalue weighted by Gasteiger charge is 2.31. The van der Waals surface area contributed by atoms with Crippen molar-refractivity contribution in [3.63, 3.8) is 0 Å². The second-order valence-corrected chi connectivity index (χ2v) is 7.98. The summed E-state index contributed by atoms with van der Waals surface area (Å²) in [6.07, 6.45) is 2.90. The van der Waals surface area contributed by atoms with Gasteiger partial charge in [-0.05, 0) is 50.6 Å². The Morgan fingerprint density at radius 2 is 2.10 bits per heavy atom. The molecule has 0 aromatic heterocycles. The van der Waals surface area contributed by atoms with Crippen molar-refractivity contribution in [1.82, 2.24) is 9.62 Å². The first kappa shape index (κ1) is 16.7. The van der Waals surface area contributed by atoms with Gasteiger partial charge >= 0.3 is 10.2 Å². The van der Waals surface area contributed by atoms with Crippen LogP contribution in [-0.4, -0.2) is 38.9 Å². The first-order chi connectivity index (χ1) is 9.92. The van der Waals surface area contributed by atoms with E-state index in [0.29, 0.717) is 18.8 Å². The van der Waals surface area contributed by atoms with Gasteiger partial charge in [0.25, 0.3) is 0 Å². The van der Waals surface area contributed by atoms with Gasteiger partial charge in [-0.1, -0.05) is 22.4 Å². The second kappa shape index (κ2) is 7.09. The maximum absolute atomic E-state index is 12.6. The molecule has 0 spiro atoms. The van der Waals surface area contributed by atoms with E-state index in [-0.39, 0.29) is 6.04 Å². The molecule has 1 aromatic rings. The van der Waals surface area contributed by atoms with Crippen molar-refractivity contribution in [3.05, 3.63) is 28.2 Å². The lowest BCUT2D eigenvalue weighted by Gasteiger charge is -2.34. The zero-order valence-corrected chi connectivity index (χ0v) is 14.8. The van der Waals surface area contributed by atoms with E-state index in [4.69, 9.17) is 0 Å². The number of benzene rings is 1. The molecular formula is C14H22BrN3O2S. The molecule has 1 aliphatic rings. The quantitative estimate of drug-likeness (QED) is 0.830. The van der Waals surface area contributed by atoms with Crippen molar-refractivity contribution in [2.45, 2.75) is 32.2 Å². The first-order valence-corrected chi connectivity index (χ1v) is 9.37. The fourth-order valence-corrected chi connectivity index (χ4v) is 4.82. The summed E-state index contributed by atoms with van der Waals surface area (Å²) in [5.41, 5.74) is 1.60. The van der Waals surface area contributed by atoms with E-state index in [1.54, 1.807) is 10.4 Å². The number of halogens is 1. The number of hydrogen-bond donors (Lipinski definition) is 2. The molecule has 5 nitrogen and oxygen atoms in total. The number of hydrogen-bond acceptors (Lipinski definition) is 3. The minimum atomic E-state index is -3.52. The Kier molecular flexibility index (Phi) is 5.65. The lowest BCUT2D eigenvalue weighted by atomic mass is 10.1. The van der Waals surface area contributed by atoms with Gasteiger partial charge in [-0.15, -0.1) is 0 Å². The van der Waals surface area contributed by atoms with Crippen molar-refractivity contribution >= 4 is 31.8 Å². The van der Waals surface area contributed by atoms with Crippen molar-refractivity contribution in [2.24, 2.45) is 0 Å². The van der Waals surface area contributed by atoms with Crippen LogP contribution in [0.5, 0.6) is 0 Å². The molecule has 1 atom stereocenters. The lowest BCUT2D eigenvalue weighted by molar-refractivity contribution is 0.250. The van der Waals surface area contributed by atoms with E-state index in [1.807, 2.05) is 26.1 Å². The molecule has 0 amide bonds. The standard InChI is InChI=1S/C14H22BrN3O2S/c1-11-7-12(15)9-13(8-11)17-21(19,20)18-6-4-3-5-14(18)10-16-2/h7-9,14,16-17H,3-6,10H2,1-2H3. The van der Waals surface area contributed by atoms with E-state index in [9.17, 15) is 8.42 Å². The van der Waals surface area contributed by atoms with Crippen molar-refractivity contribution in [1.29, 1.82) is 0 Å². The van der Waals surface area contributed by atoms with Gasteiger partial charge in [-0.25, -0.2) is 0 Å². The maximum atomic E-state index is 12.6. The Balaban J connectivity index is 2.19. The van der Waals surface area contributed by atoms with Crippen molar-refractivity contribution in [2.75, 3.05) is 24.9 Å². The highest BCUT2D eigenvalue weighted by Crippen LogP contribution is 2.24. The second-order valence-electron chi connectivity index (χ2n) is 5.44. The van der Waals surface area contributed by atoms with Gasteiger partial charge in [-0.2, -0.15) is 12.7 Å². The third-order valence-corrected chi connectivity index (χ3v) is 5.66. The SMILES string of the molecule is CNCC1CCCCN1S(=O)(=O)Nc1cc(C)cc(Br)c1. The van der Waals surface area contributed by atoms with Crippen molar-refractivity contribution < 1.29 is 8.42 Å². The summed E-state index contributed by atoms with van der Waals surface area (Å²) < 4.78 is 30.4.